The third-order valence-electron chi connectivity index (χ3n) is 3.71. The molecule has 0 amide bonds. The summed E-state index contributed by atoms with van der Waals surface area (Å²) in [4.78, 5) is 2.45. The average Bonchev–Trinajstić information content (AvgIpc) is 2.37. The van der Waals surface area contributed by atoms with Gasteiger partial charge in [0, 0.05) is 19.2 Å². The fourth-order valence-corrected chi connectivity index (χ4v) is 3.66. The van der Waals surface area contributed by atoms with E-state index in [1.165, 1.54) is 19.3 Å². The highest BCUT2D eigenvalue weighted by Crippen LogP contribution is 2.16. The summed E-state index contributed by atoms with van der Waals surface area (Å²) in [5.41, 5.74) is 0. The van der Waals surface area contributed by atoms with Crippen LogP contribution in [0.15, 0.2) is 0 Å². The highest BCUT2D eigenvalue weighted by Gasteiger charge is 2.17. The zero-order valence-corrected chi connectivity index (χ0v) is 12.8. The Morgan fingerprint density at radius 1 is 1.26 bits per heavy atom. The van der Waals surface area contributed by atoms with Gasteiger partial charge in [-0.2, -0.15) is 0 Å². The van der Waals surface area contributed by atoms with Crippen LogP contribution in [0, 0.1) is 0 Å². The van der Waals surface area contributed by atoms with Crippen LogP contribution in [0.3, 0.4) is 0 Å². The van der Waals surface area contributed by atoms with Crippen LogP contribution < -0.4 is 4.72 Å². The molecule has 1 saturated heterocycles. The lowest BCUT2D eigenvalue weighted by atomic mass is 10.0. The SMILES string of the molecule is CC1CCCCN1CCCNS(=O)(=O)CCCCO. The van der Waals surface area contributed by atoms with Crippen molar-refractivity contribution in [3.8, 4) is 0 Å². The average molecular weight is 292 g/mol. The Balaban J connectivity index is 2.12. The van der Waals surface area contributed by atoms with Crippen LogP contribution in [0.25, 0.3) is 0 Å². The van der Waals surface area contributed by atoms with Crippen LogP contribution in [-0.2, 0) is 10.0 Å². The first-order chi connectivity index (χ1) is 9.05. The number of nitrogens with one attached hydrogen (secondary N) is 1. The molecule has 0 aromatic rings. The number of rotatable bonds is 9. The zero-order chi connectivity index (χ0) is 14.1. The number of likely N-dealkylation sites (tertiary alicyclic amines) is 1. The zero-order valence-electron chi connectivity index (χ0n) is 12.0. The molecule has 19 heavy (non-hydrogen) atoms. The quantitative estimate of drug-likeness (QED) is 0.621. The second-order valence-electron chi connectivity index (χ2n) is 5.38. The first-order valence-corrected chi connectivity index (χ1v) is 9.02. The van der Waals surface area contributed by atoms with Gasteiger partial charge in [0.25, 0.3) is 0 Å². The van der Waals surface area contributed by atoms with E-state index in [0.29, 0.717) is 25.4 Å². The van der Waals surface area contributed by atoms with Crippen molar-refractivity contribution in [3.05, 3.63) is 0 Å². The van der Waals surface area contributed by atoms with E-state index in [0.717, 1.165) is 19.5 Å². The highest BCUT2D eigenvalue weighted by molar-refractivity contribution is 7.89. The monoisotopic (exact) mass is 292 g/mol. The molecule has 6 heteroatoms. The summed E-state index contributed by atoms with van der Waals surface area (Å²) in [6, 6.07) is 0.634. The Labute approximate surface area is 117 Å². The lowest BCUT2D eigenvalue weighted by Gasteiger charge is -2.33. The summed E-state index contributed by atoms with van der Waals surface area (Å²) in [5, 5.41) is 8.63. The third-order valence-corrected chi connectivity index (χ3v) is 5.18. The van der Waals surface area contributed by atoms with Crippen molar-refractivity contribution in [1.82, 2.24) is 9.62 Å². The first kappa shape index (κ1) is 16.9. The van der Waals surface area contributed by atoms with Gasteiger partial charge in [-0.15, -0.1) is 0 Å². The predicted octanol–water partition coefficient (Wildman–Crippen LogP) is 0.943. The molecule has 1 unspecified atom stereocenters. The van der Waals surface area contributed by atoms with Crippen molar-refractivity contribution in [3.63, 3.8) is 0 Å². The van der Waals surface area contributed by atoms with Gasteiger partial charge < -0.3 is 10.0 Å². The second kappa shape index (κ2) is 8.89. The minimum atomic E-state index is -3.15. The van der Waals surface area contributed by atoms with Gasteiger partial charge in [0.1, 0.15) is 0 Å². The number of aliphatic hydroxyl groups excluding tert-OH is 1. The maximum Gasteiger partial charge on any atom is 0.211 e. The molecule has 1 heterocycles. The van der Waals surface area contributed by atoms with Crippen molar-refractivity contribution in [1.29, 1.82) is 0 Å². The van der Waals surface area contributed by atoms with Gasteiger partial charge in [-0.05, 0) is 52.1 Å². The molecule has 0 bridgehead atoms. The van der Waals surface area contributed by atoms with E-state index in [4.69, 9.17) is 5.11 Å². The molecule has 0 spiro atoms. The first-order valence-electron chi connectivity index (χ1n) is 7.37. The van der Waals surface area contributed by atoms with Crippen molar-refractivity contribution < 1.29 is 13.5 Å². The van der Waals surface area contributed by atoms with E-state index in [2.05, 4.69) is 16.5 Å². The molecule has 114 valence electrons. The van der Waals surface area contributed by atoms with E-state index in [1.807, 2.05) is 0 Å². The largest absolute Gasteiger partial charge is 0.396 e. The Morgan fingerprint density at radius 2 is 2.05 bits per heavy atom. The van der Waals surface area contributed by atoms with Crippen molar-refractivity contribution in [2.45, 2.75) is 51.5 Å². The van der Waals surface area contributed by atoms with Crippen LogP contribution in [0.5, 0.6) is 0 Å². The summed E-state index contributed by atoms with van der Waals surface area (Å²) >= 11 is 0. The number of sulfonamides is 1. The summed E-state index contributed by atoms with van der Waals surface area (Å²) in [6.45, 7) is 4.94. The van der Waals surface area contributed by atoms with Crippen LogP contribution in [-0.4, -0.2) is 56.5 Å². The van der Waals surface area contributed by atoms with Gasteiger partial charge in [0.05, 0.1) is 5.75 Å². The Hall–Kier alpha value is -0.170. The molecule has 5 nitrogen and oxygen atoms in total. The second-order valence-corrected chi connectivity index (χ2v) is 7.30. The van der Waals surface area contributed by atoms with Gasteiger partial charge >= 0.3 is 0 Å². The van der Waals surface area contributed by atoms with Crippen LogP contribution in [0.2, 0.25) is 0 Å². The molecule has 2 N–H and O–H groups in total. The van der Waals surface area contributed by atoms with Gasteiger partial charge in [-0.25, -0.2) is 13.1 Å². The fourth-order valence-electron chi connectivity index (χ4n) is 2.48. The predicted molar refractivity (Wildman–Crippen MR) is 77.6 cm³/mol. The van der Waals surface area contributed by atoms with E-state index in [-0.39, 0.29) is 12.4 Å². The minimum absolute atomic E-state index is 0.0579. The van der Waals surface area contributed by atoms with Crippen LogP contribution >= 0.6 is 0 Å². The van der Waals surface area contributed by atoms with Crippen molar-refractivity contribution in [2.75, 3.05) is 32.0 Å². The number of piperidine rings is 1. The topological polar surface area (TPSA) is 69.6 Å². The van der Waals surface area contributed by atoms with E-state index < -0.39 is 10.0 Å². The van der Waals surface area contributed by atoms with Gasteiger partial charge in [-0.3, -0.25) is 0 Å². The normalized spacial score (nSPS) is 21.7. The molecule has 0 aromatic carbocycles. The van der Waals surface area contributed by atoms with Crippen LogP contribution in [0.1, 0.15) is 45.4 Å². The summed E-state index contributed by atoms with van der Waals surface area (Å²) in [6.07, 6.45) is 5.77. The lowest BCUT2D eigenvalue weighted by molar-refractivity contribution is 0.159. The Morgan fingerprint density at radius 3 is 2.74 bits per heavy atom. The molecule has 1 fully saturated rings. The molecule has 0 aliphatic carbocycles. The van der Waals surface area contributed by atoms with Crippen molar-refractivity contribution in [2.24, 2.45) is 0 Å². The summed E-state index contributed by atoms with van der Waals surface area (Å²) < 4.78 is 25.9. The third kappa shape index (κ3) is 7.25. The highest BCUT2D eigenvalue weighted by atomic mass is 32.2. The fraction of sp³-hybridized carbons (Fsp3) is 1.00. The molecule has 0 radical (unpaired) electrons. The number of hydrogen-bond donors (Lipinski definition) is 2. The molecular formula is C13H28N2O3S. The standard InChI is InChI=1S/C13H28N2O3S/c1-13-7-2-3-9-15(13)10-6-8-14-19(17,18)12-5-4-11-16/h13-14,16H,2-12H2,1H3. The van der Waals surface area contributed by atoms with E-state index in [9.17, 15) is 8.42 Å². The number of aliphatic hydroxyl groups is 1. The molecule has 1 aliphatic rings. The Kier molecular flexibility index (Phi) is 7.90. The molecule has 1 atom stereocenters. The number of nitrogens with zero attached hydrogens (tertiary/aromatic N) is 1. The van der Waals surface area contributed by atoms with E-state index >= 15 is 0 Å². The Bertz CT molecular complexity index is 333. The maximum atomic E-state index is 11.6. The summed E-state index contributed by atoms with van der Waals surface area (Å²) in [5.74, 6) is 0.119. The minimum Gasteiger partial charge on any atom is -0.396 e. The molecule has 1 rings (SSSR count). The summed E-state index contributed by atoms with van der Waals surface area (Å²) in [7, 11) is -3.15. The van der Waals surface area contributed by atoms with E-state index in [1.54, 1.807) is 0 Å². The lowest BCUT2D eigenvalue weighted by Crippen LogP contribution is -2.39. The molecule has 0 aromatic heterocycles. The van der Waals surface area contributed by atoms with Gasteiger partial charge in [0.15, 0.2) is 0 Å². The maximum absolute atomic E-state index is 11.6. The van der Waals surface area contributed by atoms with Crippen molar-refractivity contribution >= 4 is 10.0 Å². The van der Waals surface area contributed by atoms with Gasteiger partial charge in [-0.1, -0.05) is 6.42 Å². The number of unbranched alkanes of at least 4 members (excludes halogenated alkanes) is 1. The molecule has 0 saturated carbocycles. The smallest absolute Gasteiger partial charge is 0.211 e. The number of hydrogen-bond acceptors (Lipinski definition) is 4. The molecule has 1 aliphatic heterocycles. The molecular weight excluding hydrogens is 264 g/mol. The van der Waals surface area contributed by atoms with Crippen LogP contribution in [0.4, 0.5) is 0 Å². The van der Waals surface area contributed by atoms with Gasteiger partial charge in [0.2, 0.25) is 10.0 Å².